The molecule has 0 radical (unpaired) electrons. The van der Waals surface area contributed by atoms with Crippen LogP contribution in [0, 0.1) is 0 Å². The Morgan fingerprint density at radius 1 is 0.833 bits per heavy atom. The quantitative estimate of drug-likeness (QED) is 0.701. The first kappa shape index (κ1) is 18.1. The molecule has 2 N–H and O–H groups in total. The summed E-state index contributed by atoms with van der Waals surface area (Å²) in [5, 5.41) is 2.09. The molecule has 0 saturated carbocycles. The van der Waals surface area contributed by atoms with E-state index in [1.54, 1.807) is 12.1 Å². The van der Waals surface area contributed by atoms with E-state index in [2.05, 4.69) is 4.74 Å². The van der Waals surface area contributed by atoms with Crippen molar-refractivity contribution in [3.8, 4) is 5.75 Å². The van der Waals surface area contributed by atoms with Crippen molar-refractivity contribution in [1.82, 2.24) is 0 Å². The minimum atomic E-state index is -4.70. The molecule has 0 bridgehead atoms. The zero-order valence-corrected chi connectivity index (χ0v) is 13.3. The third kappa shape index (κ3) is 3.99. The zero-order chi connectivity index (χ0) is 16.4. The van der Waals surface area contributed by atoms with Gasteiger partial charge in [0.15, 0.2) is 0 Å². The summed E-state index contributed by atoms with van der Waals surface area (Å²) < 4.78 is 40.5. The summed E-state index contributed by atoms with van der Waals surface area (Å²) in [4.78, 5) is 0. The molecule has 3 rings (SSSR count). The first-order chi connectivity index (χ1) is 10.9. The average Bonchev–Trinajstić information content (AvgIpc) is 2.53. The Balaban J connectivity index is 0.00000208. The maximum Gasteiger partial charge on any atom is 0.573 e. The van der Waals surface area contributed by atoms with Gasteiger partial charge in [0.2, 0.25) is 0 Å². The summed E-state index contributed by atoms with van der Waals surface area (Å²) in [6, 6.07) is 18.9. The lowest BCUT2D eigenvalue weighted by Crippen LogP contribution is -2.17. The van der Waals surface area contributed by atoms with Crippen LogP contribution < -0.4 is 10.5 Å². The van der Waals surface area contributed by atoms with Gasteiger partial charge in [-0.2, -0.15) is 0 Å². The van der Waals surface area contributed by atoms with Crippen LogP contribution in [0.25, 0.3) is 10.8 Å². The van der Waals surface area contributed by atoms with E-state index in [0.717, 1.165) is 21.9 Å². The highest BCUT2D eigenvalue weighted by molar-refractivity contribution is 5.86. The van der Waals surface area contributed by atoms with Crippen LogP contribution in [0.4, 0.5) is 13.2 Å². The molecular formula is C18H15ClF3NO. The van der Waals surface area contributed by atoms with Crippen molar-refractivity contribution in [3.05, 3.63) is 77.9 Å². The lowest BCUT2D eigenvalue weighted by Gasteiger charge is -2.16. The number of hydrogen-bond donors (Lipinski definition) is 1. The molecule has 0 spiro atoms. The maximum atomic E-state index is 12.2. The van der Waals surface area contributed by atoms with Crippen molar-refractivity contribution >= 4 is 23.2 Å². The summed E-state index contributed by atoms with van der Waals surface area (Å²) in [5.41, 5.74) is 7.94. The molecule has 3 aromatic carbocycles. The van der Waals surface area contributed by atoms with Gasteiger partial charge in [-0.05, 0) is 34.0 Å². The van der Waals surface area contributed by atoms with Gasteiger partial charge < -0.3 is 10.5 Å². The number of ether oxygens (including phenoxy) is 1. The lowest BCUT2D eigenvalue weighted by molar-refractivity contribution is -0.274. The standard InChI is InChI=1S/C18H14F3NO.ClH/c19-18(20,21)23-14-10-8-13(9-11-14)17(22)16-7-3-5-12-4-1-2-6-15(12)16;/h1-11,17H,22H2;1H/t17-;/m1./s1. The molecule has 0 saturated heterocycles. The minimum absolute atomic E-state index is 0. The minimum Gasteiger partial charge on any atom is -0.406 e. The normalized spacial score (nSPS) is 12.5. The van der Waals surface area contributed by atoms with Crippen LogP contribution in [0.2, 0.25) is 0 Å². The molecule has 0 amide bonds. The molecule has 0 unspecified atom stereocenters. The van der Waals surface area contributed by atoms with Crippen LogP contribution in [-0.2, 0) is 0 Å². The van der Waals surface area contributed by atoms with Crippen LogP contribution in [0.1, 0.15) is 17.2 Å². The molecule has 0 heterocycles. The summed E-state index contributed by atoms with van der Waals surface area (Å²) >= 11 is 0. The third-order valence-corrected chi connectivity index (χ3v) is 3.63. The Hall–Kier alpha value is -2.24. The highest BCUT2D eigenvalue weighted by Crippen LogP contribution is 2.29. The van der Waals surface area contributed by atoms with Gasteiger partial charge in [-0.3, -0.25) is 0 Å². The van der Waals surface area contributed by atoms with Gasteiger partial charge in [0.05, 0.1) is 6.04 Å². The van der Waals surface area contributed by atoms with E-state index in [9.17, 15) is 13.2 Å². The molecule has 0 aromatic heterocycles. The maximum absolute atomic E-state index is 12.2. The van der Waals surface area contributed by atoms with Crippen molar-refractivity contribution in [2.24, 2.45) is 5.73 Å². The second-order valence-electron chi connectivity index (χ2n) is 5.16. The number of nitrogens with two attached hydrogens (primary N) is 1. The SMILES string of the molecule is Cl.N[C@H](c1ccc(OC(F)(F)F)cc1)c1cccc2ccccc12. The number of alkyl halides is 3. The first-order valence-electron chi connectivity index (χ1n) is 7.03. The van der Waals surface area contributed by atoms with Crippen LogP contribution in [-0.4, -0.2) is 6.36 Å². The Labute approximate surface area is 143 Å². The number of halogens is 4. The topological polar surface area (TPSA) is 35.2 Å². The van der Waals surface area contributed by atoms with Gasteiger partial charge in [-0.1, -0.05) is 54.6 Å². The molecule has 0 aliphatic carbocycles. The molecule has 2 nitrogen and oxygen atoms in total. The van der Waals surface area contributed by atoms with Gasteiger partial charge in [-0.25, -0.2) is 0 Å². The Bertz CT molecular complexity index is 813. The molecular weight excluding hydrogens is 339 g/mol. The highest BCUT2D eigenvalue weighted by Gasteiger charge is 2.31. The smallest absolute Gasteiger partial charge is 0.406 e. The van der Waals surface area contributed by atoms with E-state index in [4.69, 9.17) is 5.73 Å². The number of hydrogen-bond acceptors (Lipinski definition) is 2. The van der Waals surface area contributed by atoms with Gasteiger partial charge >= 0.3 is 6.36 Å². The fourth-order valence-corrected chi connectivity index (χ4v) is 2.58. The monoisotopic (exact) mass is 353 g/mol. The molecule has 6 heteroatoms. The highest BCUT2D eigenvalue weighted by atomic mass is 35.5. The summed E-state index contributed by atoms with van der Waals surface area (Å²) in [7, 11) is 0. The molecule has 0 aliphatic rings. The molecule has 3 aromatic rings. The van der Waals surface area contributed by atoms with Crippen LogP contribution in [0.15, 0.2) is 66.7 Å². The van der Waals surface area contributed by atoms with Gasteiger partial charge in [0, 0.05) is 0 Å². The summed E-state index contributed by atoms with van der Waals surface area (Å²) in [5.74, 6) is -0.258. The van der Waals surface area contributed by atoms with E-state index in [1.807, 2.05) is 42.5 Å². The predicted molar refractivity (Wildman–Crippen MR) is 90.4 cm³/mol. The van der Waals surface area contributed by atoms with Crippen molar-refractivity contribution < 1.29 is 17.9 Å². The summed E-state index contributed by atoms with van der Waals surface area (Å²) in [6.07, 6.45) is -4.70. The van der Waals surface area contributed by atoms with Crippen molar-refractivity contribution in [3.63, 3.8) is 0 Å². The van der Waals surface area contributed by atoms with Gasteiger partial charge in [0.1, 0.15) is 5.75 Å². The van der Waals surface area contributed by atoms with Crippen molar-refractivity contribution in [1.29, 1.82) is 0 Å². The molecule has 1 atom stereocenters. The molecule has 0 fully saturated rings. The second kappa shape index (κ2) is 7.11. The van der Waals surface area contributed by atoms with Gasteiger partial charge in [0.25, 0.3) is 0 Å². The van der Waals surface area contributed by atoms with Crippen LogP contribution in [0.3, 0.4) is 0 Å². The van der Waals surface area contributed by atoms with E-state index < -0.39 is 12.4 Å². The lowest BCUT2D eigenvalue weighted by atomic mass is 9.94. The fraction of sp³-hybridized carbons (Fsp3) is 0.111. The molecule has 0 aliphatic heterocycles. The first-order valence-corrected chi connectivity index (χ1v) is 7.03. The fourth-order valence-electron chi connectivity index (χ4n) is 2.58. The Morgan fingerprint density at radius 3 is 2.12 bits per heavy atom. The number of benzene rings is 3. The van der Waals surface area contributed by atoms with E-state index in [1.165, 1.54) is 12.1 Å². The largest absolute Gasteiger partial charge is 0.573 e. The number of fused-ring (bicyclic) bond motifs is 1. The van der Waals surface area contributed by atoms with E-state index >= 15 is 0 Å². The van der Waals surface area contributed by atoms with Crippen molar-refractivity contribution in [2.75, 3.05) is 0 Å². The van der Waals surface area contributed by atoms with Crippen molar-refractivity contribution in [2.45, 2.75) is 12.4 Å². The Kier molecular flexibility index (Phi) is 5.36. The third-order valence-electron chi connectivity index (χ3n) is 3.63. The zero-order valence-electron chi connectivity index (χ0n) is 12.5. The number of rotatable bonds is 3. The van der Waals surface area contributed by atoms with Crippen LogP contribution in [0.5, 0.6) is 5.75 Å². The predicted octanol–water partition coefficient (Wildman–Crippen LogP) is 5.21. The second-order valence-corrected chi connectivity index (χ2v) is 5.16. The van der Waals surface area contributed by atoms with Gasteiger partial charge in [-0.15, -0.1) is 25.6 Å². The Morgan fingerprint density at radius 2 is 1.46 bits per heavy atom. The summed E-state index contributed by atoms with van der Waals surface area (Å²) in [6.45, 7) is 0. The van der Waals surface area contributed by atoms with E-state index in [0.29, 0.717) is 0 Å². The van der Waals surface area contributed by atoms with E-state index in [-0.39, 0.29) is 18.2 Å². The molecule has 126 valence electrons. The average molecular weight is 354 g/mol. The van der Waals surface area contributed by atoms with Crippen LogP contribution >= 0.6 is 12.4 Å². The molecule has 24 heavy (non-hydrogen) atoms.